The highest BCUT2D eigenvalue weighted by atomic mass is 16.3. The normalized spacial score (nSPS) is 20.1. The summed E-state index contributed by atoms with van der Waals surface area (Å²) in [5, 5.41) is 3.34. The van der Waals surface area contributed by atoms with Gasteiger partial charge in [0.15, 0.2) is 0 Å². The van der Waals surface area contributed by atoms with E-state index < -0.39 is 0 Å². The highest BCUT2D eigenvalue weighted by Crippen LogP contribution is 2.32. The summed E-state index contributed by atoms with van der Waals surface area (Å²) in [7, 11) is 2.02. The highest BCUT2D eigenvalue weighted by molar-refractivity contribution is 5.04. The molecule has 1 saturated carbocycles. The average molecular weight is 193 g/mol. The predicted molar refractivity (Wildman–Crippen MR) is 57.1 cm³/mol. The SMILES string of the molecule is CNC(CC1CCCC1)c1ccco1. The van der Waals surface area contributed by atoms with E-state index in [1.165, 1.54) is 32.1 Å². The molecule has 0 aromatic carbocycles. The van der Waals surface area contributed by atoms with Crippen molar-refractivity contribution >= 4 is 0 Å². The Kier molecular flexibility index (Phi) is 3.25. The lowest BCUT2D eigenvalue weighted by atomic mass is 9.97. The monoisotopic (exact) mass is 193 g/mol. The first-order valence-corrected chi connectivity index (χ1v) is 5.61. The lowest BCUT2D eigenvalue weighted by Crippen LogP contribution is -2.18. The smallest absolute Gasteiger partial charge is 0.120 e. The minimum atomic E-state index is 0.410. The van der Waals surface area contributed by atoms with Gasteiger partial charge in [-0.1, -0.05) is 25.7 Å². The molecule has 2 rings (SSSR count). The molecule has 0 amide bonds. The topological polar surface area (TPSA) is 25.2 Å². The minimum absolute atomic E-state index is 0.410. The van der Waals surface area contributed by atoms with Crippen molar-refractivity contribution in [3.8, 4) is 0 Å². The Morgan fingerprint density at radius 3 is 2.86 bits per heavy atom. The Labute approximate surface area is 85.7 Å². The maximum Gasteiger partial charge on any atom is 0.120 e. The Hall–Kier alpha value is -0.760. The van der Waals surface area contributed by atoms with E-state index in [-0.39, 0.29) is 0 Å². The summed E-state index contributed by atoms with van der Waals surface area (Å²) < 4.78 is 5.43. The van der Waals surface area contributed by atoms with E-state index in [1.54, 1.807) is 6.26 Å². The van der Waals surface area contributed by atoms with Crippen LogP contribution in [0.4, 0.5) is 0 Å². The Bertz CT molecular complexity index is 249. The van der Waals surface area contributed by atoms with Crippen LogP contribution in [0.25, 0.3) is 0 Å². The van der Waals surface area contributed by atoms with E-state index in [0.29, 0.717) is 6.04 Å². The number of rotatable bonds is 4. The molecule has 1 aromatic heterocycles. The summed E-state index contributed by atoms with van der Waals surface area (Å²) in [6, 6.07) is 4.44. The minimum Gasteiger partial charge on any atom is -0.468 e. The van der Waals surface area contributed by atoms with E-state index in [9.17, 15) is 0 Å². The van der Waals surface area contributed by atoms with Crippen LogP contribution >= 0.6 is 0 Å². The summed E-state index contributed by atoms with van der Waals surface area (Å²) >= 11 is 0. The van der Waals surface area contributed by atoms with Crippen molar-refractivity contribution in [1.82, 2.24) is 5.32 Å². The van der Waals surface area contributed by atoms with Crippen LogP contribution in [-0.2, 0) is 0 Å². The van der Waals surface area contributed by atoms with Crippen LogP contribution in [0.3, 0.4) is 0 Å². The zero-order valence-corrected chi connectivity index (χ0v) is 8.83. The molecule has 2 nitrogen and oxygen atoms in total. The molecule has 78 valence electrons. The van der Waals surface area contributed by atoms with Crippen LogP contribution in [0.1, 0.15) is 43.9 Å². The first-order chi connectivity index (χ1) is 6.90. The number of hydrogen-bond donors (Lipinski definition) is 1. The van der Waals surface area contributed by atoms with E-state index in [2.05, 4.69) is 11.4 Å². The molecule has 1 atom stereocenters. The fraction of sp³-hybridized carbons (Fsp3) is 0.667. The van der Waals surface area contributed by atoms with E-state index in [1.807, 2.05) is 13.1 Å². The largest absolute Gasteiger partial charge is 0.468 e. The average Bonchev–Trinajstić information content (AvgIpc) is 2.86. The molecule has 1 fully saturated rings. The first kappa shape index (κ1) is 9.78. The first-order valence-electron chi connectivity index (χ1n) is 5.61. The number of hydrogen-bond acceptors (Lipinski definition) is 2. The summed E-state index contributed by atoms with van der Waals surface area (Å²) in [4.78, 5) is 0. The molecule has 0 radical (unpaired) electrons. The van der Waals surface area contributed by atoms with Gasteiger partial charge >= 0.3 is 0 Å². The summed E-state index contributed by atoms with van der Waals surface area (Å²) in [6.07, 6.45) is 8.62. The second-order valence-corrected chi connectivity index (χ2v) is 4.24. The van der Waals surface area contributed by atoms with Crippen LogP contribution in [0.15, 0.2) is 22.8 Å². The van der Waals surface area contributed by atoms with Crippen molar-refractivity contribution in [1.29, 1.82) is 0 Å². The molecule has 0 bridgehead atoms. The van der Waals surface area contributed by atoms with Gasteiger partial charge in [-0.15, -0.1) is 0 Å². The van der Waals surface area contributed by atoms with Crippen molar-refractivity contribution in [2.45, 2.75) is 38.1 Å². The Balaban J connectivity index is 1.93. The fourth-order valence-corrected chi connectivity index (χ4v) is 2.45. The maximum absolute atomic E-state index is 5.43. The molecule has 0 spiro atoms. The van der Waals surface area contributed by atoms with Gasteiger partial charge in [0.2, 0.25) is 0 Å². The highest BCUT2D eigenvalue weighted by Gasteiger charge is 2.21. The van der Waals surface area contributed by atoms with Gasteiger partial charge in [0.25, 0.3) is 0 Å². The molecule has 1 aliphatic rings. The lowest BCUT2D eigenvalue weighted by molar-refractivity contribution is 0.357. The number of furan rings is 1. The van der Waals surface area contributed by atoms with Gasteiger partial charge in [0.1, 0.15) is 5.76 Å². The third kappa shape index (κ3) is 2.18. The predicted octanol–water partition coefficient (Wildman–Crippen LogP) is 3.12. The molecule has 1 heterocycles. The van der Waals surface area contributed by atoms with Crippen molar-refractivity contribution in [2.75, 3.05) is 7.05 Å². The van der Waals surface area contributed by atoms with Crippen LogP contribution in [-0.4, -0.2) is 7.05 Å². The van der Waals surface area contributed by atoms with Gasteiger partial charge in [0, 0.05) is 0 Å². The molecule has 14 heavy (non-hydrogen) atoms. The standard InChI is InChI=1S/C12H19NO/c1-13-11(12-7-4-8-14-12)9-10-5-2-3-6-10/h4,7-8,10-11,13H,2-3,5-6,9H2,1H3. The lowest BCUT2D eigenvalue weighted by Gasteiger charge is -2.17. The third-order valence-electron chi connectivity index (χ3n) is 3.28. The van der Waals surface area contributed by atoms with E-state index >= 15 is 0 Å². The van der Waals surface area contributed by atoms with Gasteiger partial charge in [-0.25, -0.2) is 0 Å². The van der Waals surface area contributed by atoms with Gasteiger partial charge in [-0.3, -0.25) is 0 Å². The summed E-state index contributed by atoms with van der Waals surface area (Å²) in [6.45, 7) is 0. The van der Waals surface area contributed by atoms with Crippen molar-refractivity contribution in [3.63, 3.8) is 0 Å². The molecule has 2 heteroatoms. The fourth-order valence-electron chi connectivity index (χ4n) is 2.45. The van der Waals surface area contributed by atoms with Crippen molar-refractivity contribution in [3.05, 3.63) is 24.2 Å². The molecule has 1 aliphatic carbocycles. The van der Waals surface area contributed by atoms with E-state index in [4.69, 9.17) is 4.42 Å². The van der Waals surface area contributed by atoms with Crippen LogP contribution in [0.5, 0.6) is 0 Å². The zero-order valence-electron chi connectivity index (χ0n) is 8.83. The van der Waals surface area contributed by atoms with Gasteiger partial charge in [-0.2, -0.15) is 0 Å². The molecule has 1 N–H and O–H groups in total. The number of nitrogens with one attached hydrogen (secondary N) is 1. The molecule has 0 saturated heterocycles. The third-order valence-corrected chi connectivity index (χ3v) is 3.28. The van der Waals surface area contributed by atoms with Crippen LogP contribution < -0.4 is 5.32 Å². The Morgan fingerprint density at radius 2 is 2.29 bits per heavy atom. The second-order valence-electron chi connectivity index (χ2n) is 4.24. The summed E-state index contributed by atoms with van der Waals surface area (Å²) in [5.41, 5.74) is 0. The van der Waals surface area contributed by atoms with Crippen LogP contribution in [0.2, 0.25) is 0 Å². The van der Waals surface area contributed by atoms with Crippen molar-refractivity contribution in [2.24, 2.45) is 5.92 Å². The maximum atomic E-state index is 5.43. The van der Waals surface area contributed by atoms with Gasteiger partial charge < -0.3 is 9.73 Å². The van der Waals surface area contributed by atoms with Crippen molar-refractivity contribution < 1.29 is 4.42 Å². The zero-order chi connectivity index (χ0) is 9.80. The van der Waals surface area contributed by atoms with Gasteiger partial charge in [0.05, 0.1) is 12.3 Å². The second kappa shape index (κ2) is 4.65. The van der Waals surface area contributed by atoms with Crippen LogP contribution in [0, 0.1) is 5.92 Å². The van der Waals surface area contributed by atoms with E-state index in [0.717, 1.165) is 11.7 Å². The molecule has 1 unspecified atom stereocenters. The Morgan fingerprint density at radius 1 is 1.50 bits per heavy atom. The molecule has 1 aromatic rings. The van der Waals surface area contributed by atoms with Gasteiger partial charge in [-0.05, 0) is 31.5 Å². The molecular formula is C12H19NO. The molecular weight excluding hydrogens is 174 g/mol. The summed E-state index contributed by atoms with van der Waals surface area (Å²) in [5.74, 6) is 1.98. The molecule has 0 aliphatic heterocycles. The quantitative estimate of drug-likeness (QED) is 0.794.